The molecule has 2 aromatic carbocycles. The molecule has 3 N–H and O–H groups in total. The van der Waals surface area contributed by atoms with E-state index in [1.54, 1.807) is 36.4 Å². The lowest BCUT2D eigenvalue weighted by molar-refractivity contribution is 0.101. The molecule has 0 aliphatic carbocycles. The summed E-state index contributed by atoms with van der Waals surface area (Å²) in [6.07, 6.45) is 0. The van der Waals surface area contributed by atoms with Crippen LogP contribution in [0.25, 0.3) is 5.78 Å². The van der Waals surface area contributed by atoms with Crippen molar-refractivity contribution in [2.75, 3.05) is 16.0 Å². The fourth-order valence-corrected chi connectivity index (χ4v) is 2.94. The molecular formula is C21H19N7O2. The number of urea groups is 1. The maximum absolute atomic E-state index is 12.6. The summed E-state index contributed by atoms with van der Waals surface area (Å²) in [6.45, 7) is 3.72. The van der Waals surface area contributed by atoms with Crippen LogP contribution in [-0.4, -0.2) is 31.5 Å². The maximum atomic E-state index is 12.6. The van der Waals surface area contributed by atoms with Gasteiger partial charge in [-0.3, -0.25) is 4.79 Å². The van der Waals surface area contributed by atoms with Crippen LogP contribution >= 0.6 is 0 Å². The first kappa shape index (κ1) is 19.1. The predicted octanol–water partition coefficient (Wildman–Crippen LogP) is 3.64. The highest BCUT2D eigenvalue weighted by molar-refractivity contribution is 6.03. The summed E-state index contributed by atoms with van der Waals surface area (Å²) in [5.74, 6) is -0.0922. The number of nitrogens with zero attached hydrogens (tertiary/aromatic N) is 4. The van der Waals surface area contributed by atoms with Gasteiger partial charge in [0.05, 0.1) is 0 Å². The Labute approximate surface area is 172 Å². The van der Waals surface area contributed by atoms with Gasteiger partial charge in [-0.2, -0.15) is 4.98 Å². The smallest absolute Gasteiger partial charge is 0.319 e. The van der Waals surface area contributed by atoms with E-state index in [0.717, 1.165) is 11.4 Å². The summed E-state index contributed by atoms with van der Waals surface area (Å²) in [6, 6.07) is 17.4. The van der Waals surface area contributed by atoms with Gasteiger partial charge >= 0.3 is 6.03 Å². The van der Waals surface area contributed by atoms with Crippen molar-refractivity contribution in [3.63, 3.8) is 0 Å². The van der Waals surface area contributed by atoms with E-state index in [2.05, 4.69) is 31.0 Å². The Morgan fingerprint density at radius 2 is 1.47 bits per heavy atom. The fraction of sp³-hybridized carbons (Fsp3) is 0.0952. The van der Waals surface area contributed by atoms with Crippen LogP contribution in [0.3, 0.4) is 0 Å². The molecule has 0 unspecified atom stereocenters. The SMILES string of the molecule is Cc1cc(C)n2nc(C(=O)Nc3cccc(NC(=O)Nc4ccccc4)c3)nc2n1. The molecule has 9 heteroatoms. The minimum absolute atomic E-state index is 0.0105. The van der Waals surface area contributed by atoms with Gasteiger partial charge in [0, 0.05) is 28.5 Å². The molecule has 4 rings (SSSR count). The number of para-hydroxylation sites is 1. The van der Waals surface area contributed by atoms with Crippen LogP contribution in [0.4, 0.5) is 21.9 Å². The Kier molecular flexibility index (Phi) is 5.08. The van der Waals surface area contributed by atoms with E-state index in [-0.39, 0.29) is 11.9 Å². The topological polar surface area (TPSA) is 113 Å². The lowest BCUT2D eigenvalue weighted by atomic mass is 10.2. The van der Waals surface area contributed by atoms with Crippen molar-refractivity contribution in [3.8, 4) is 0 Å². The second kappa shape index (κ2) is 8.00. The van der Waals surface area contributed by atoms with E-state index in [0.29, 0.717) is 22.8 Å². The first-order valence-corrected chi connectivity index (χ1v) is 9.23. The van der Waals surface area contributed by atoms with Crippen molar-refractivity contribution in [1.29, 1.82) is 0 Å². The van der Waals surface area contributed by atoms with Crippen LogP contribution in [-0.2, 0) is 0 Å². The van der Waals surface area contributed by atoms with Crippen LogP contribution in [0.15, 0.2) is 60.7 Å². The van der Waals surface area contributed by atoms with Crippen LogP contribution in [0.1, 0.15) is 22.0 Å². The normalized spacial score (nSPS) is 10.6. The summed E-state index contributed by atoms with van der Waals surface area (Å²) in [7, 11) is 0. The molecule has 2 aromatic heterocycles. The Hall–Kier alpha value is -4.27. The molecule has 0 atom stereocenters. The highest BCUT2D eigenvalue weighted by Gasteiger charge is 2.15. The molecule has 4 aromatic rings. The zero-order valence-electron chi connectivity index (χ0n) is 16.4. The number of carbonyl (C=O) groups excluding carboxylic acids is 2. The Morgan fingerprint density at radius 1 is 0.800 bits per heavy atom. The summed E-state index contributed by atoms with van der Waals surface area (Å²) in [5, 5.41) is 12.4. The van der Waals surface area contributed by atoms with Crippen LogP contribution in [0.5, 0.6) is 0 Å². The second-order valence-corrected chi connectivity index (χ2v) is 6.67. The number of amides is 3. The molecule has 3 amide bonds. The first-order chi connectivity index (χ1) is 14.5. The zero-order chi connectivity index (χ0) is 21.1. The third-order valence-corrected chi connectivity index (χ3v) is 4.23. The summed E-state index contributed by atoms with van der Waals surface area (Å²) >= 11 is 0. The van der Waals surface area contributed by atoms with E-state index in [1.807, 2.05) is 38.1 Å². The third kappa shape index (κ3) is 4.25. The zero-order valence-corrected chi connectivity index (χ0v) is 16.4. The molecule has 0 aliphatic rings. The number of hydrogen-bond acceptors (Lipinski definition) is 5. The molecule has 0 saturated carbocycles. The quantitative estimate of drug-likeness (QED) is 0.483. The van der Waals surface area contributed by atoms with Crippen molar-refractivity contribution < 1.29 is 9.59 Å². The number of fused-ring (bicyclic) bond motifs is 1. The molecule has 0 radical (unpaired) electrons. The number of carbonyl (C=O) groups is 2. The first-order valence-electron chi connectivity index (χ1n) is 9.23. The van der Waals surface area contributed by atoms with Crippen LogP contribution in [0.2, 0.25) is 0 Å². The Morgan fingerprint density at radius 3 is 2.23 bits per heavy atom. The van der Waals surface area contributed by atoms with Crippen molar-refractivity contribution in [1.82, 2.24) is 19.6 Å². The summed E-state index contributed by atoms with van der Waals surface area (Å²) < 4.78 is 1.52. The highest BCUT2D eigenvalue weighted by Crippen LogP contribution is 2.17. The lowest BCUT2D eigenvalue weighted by Gasteiger charge is -2.09. The van der Waals surface area contributed by atoms with Gasteiger partial charge in [-0.15, -0.1) is 5.10 Å². The molecule has 0 fully saturated rings. The Balaban J connectivity index is 1.45. The van der Waals surface area contributed by atoms with Gasteiger partial charge in [-0.25, -0.2) is 14.3 Å². The van der Waals surface area contributed by atoms with E-state index in [4.69, 9.17) is 0 Å². The highest BCUT2D eigenvalue weighted by atomic mass is 16.2. The summed E-state index contributed by atoms with van der Waals surface area (Å²) in [5.41, 5.74) is 3.33. The average Bonchev–Trinajstić information content (AvgIpc) is 3.13. The molecular weight excluding hydrogens is 382 g/mol. The molecule has 2 heterocycles. The number of aryl methyl sites for hydroxylation is 2. The molecule has 150 valence electrons. The van der Waals surface area contributed by atoms with Gasteiger partial charge in [0.2, 0.25) is 5.82 Å². The van der Waals surface area contributed by atoms with Crippen molar-refractivity contribution >= 4 is 34.8 Å². The van der Waals surface area contributed by atoms with Crippen LogP contribution < -0.4 is 16.0 Å². The van der Waals surface area contributed by atoms with Gasteiger partial charge in [-0.1, -0.05) is 24.3 Å². The molecule has 0 spiro atoms. The predicted molar refractivity (Wildman–Crippen MR) is 114 cm³/mol. The summed E-state index contributed by atoms with van der Waals surface area (Å²) in [4.78, 5) is 33.2. The van der Waals surface area contributed by atoms with E-state index in [1.165, 1.54) is 4.52 Å². The van der Waals surface area contributed by atoms with Crippen molar-refractivity contribution in [2.24, 2.45) is 0 Å². The molecule has 0 bridgehead atoms. The molecule has 0 saturated heterocycles. The number of aromatic nitrogens is 4. The van der Waals surface area contributed by atoms with Crippen LogP contribution in [0, 0.1) is 13.8 Å². The third-order valence-electron chi connectivity index (χ3n) is 4.23. The number of hydrogen-bond donors (Lipinski definition) is 3. The average molecular weight is 401 g/mol. The van der Waals surface area contributed by atoms with Gasteiger partial charge < -0.3 is 16.0 Å². The lowest BCUT2D eigenvalue weighted by Crippen LogP contribution is -2.19. The maximum Gasteiger partial charge on any atom is 0.323 e. The van der Waals surface area contributed by atoms with E-state index < -0.39 is 5.91 Å². The number of nitrogens with one attached hydrogen (secondary N) is 3. The molecule has 9 nitrogen and oxygen atoms in total. The van der Waals surface area contributed by atoms with E-state index in [9.17, 15) is 9.59 Å². The van der Waals surface area contributed by atoms with Gasteiger partial charge in [0.1, 0.15) is 0 Å². The molecule has 30 heavy (non-hydrogen) atoms. The largest absolute Gasteiger partial charge is 0.323 e. The molecule has 0 aliphatic heterocycles. The van der Waals surface area contributed by atoms with Gasteiger partial charge in [0.15, 0.2) is 0 Å². The Bertz CT molecular complexity index is 1230. The second-order valence-electron chi connectivity index (χ2n) is 6.67. The minimum Gasteiger partial charge on any atom is -0.319 e. The van der Waals surface area contributed by atoms with Crippen molar-refractivity contribution in [3.05, 3.63) is 77.9 Å². The van der Waals surface area contributed by atoms with Gasteiger partial charge in [-0.05, 0) is 50.2 Å². The van der Waals surface area contributed by atoms with E-state index >= 15 is 0 Å². The minimum atomic E-state index is -0.469. The number of anilines is 3. The standard InChI is InChI=1S/C21H19N7O2/c1-13-11-14(2)28-20(22-13)26-18(27-28)19(29)23-16-9-6-10-17(12-16)25-21(30)24-15-7-4-3-5-8-15/h3-12H,1-2H3,(H,23,29)(H2,24,25,30). The number of rotatable bonds is 4. The van der Waals surface area contributed by atoms with Crippen molar-refractivity contribution in [2.45, 2.75) is 13.8 Å². The monoisotopic (exact) mass is 401 g/mol. The van der Waals surface area contributed by atoms with Gasteiger partial charge in [0.25, 0.3) is 11.7 Å². The fourth-order valence-electron chi connectivity index (χ4n) is 2.94. The number of benzene rings is 2.